The summed E-state index contributed by atoms with van der Waals surface area (Å²) in [5.74, 6) is 0.117. The van der Waals surface area contributed by atoms with Crippen molar-refractivity contribution in [2.75, 3.05) is 5.75 Å². The summed E-state index contributed by atoms with van der Waals surface area (Å²) in [6.45, 7) is 4.08. The quantitative estimate of drug-likeness (QED) is 0.802. The third kappa shape index (κ3) is 4.54. The van der Waals surface area contributed by atoms with Gasteiger partial charge in [0.1, 0.15) is 11.6 Å². The lowest BCUT2D eigenvalue weighted by atomic mass is 10.1. The molecule has 1 rings (SSSR count). The van der Waals surface area contributed by atoms with Crippen molar-refractivity contribution in [3.05, 3.63) is 34.6 Å². The van der Waals surface area contributed by atoms with Crippen molar-refractivity contribution in [1.29, 1.82) is 0 Å². The molecule has 16 heavy (non-hydrogen) atoms. The van der Waals surface area contributed by atoms with Crippen LogP contribution in [-0.4, -0.2) is 16.8 Å². The standard InChI is InChI=1S/C12H14ClFOS/c1-8(2)16-7-10(15)5-9-3-4-11(13)12(14)6-9/h3-4,6,8H,5,7H2,1-2H3. The summed E-state index contributed by atoms with van der Waals surface area (Å²) in [5.41, 5.74) is 0.677. The molecule has 0 bridgehead atoms. The van der Waals surface area contributed by atoms with Gasteiger partial charge in [-0.25, -0.2) is 4.39 Å². The summed E-state index contributed by atoms with van der Waals surface area (Å²) in [7, 11) is 0. The molecule has 1 aromatic rings. The summed E-state index contributed by atoms with van der Waals surface area (Å²) in [6.07, 6.45) is 0.272. The van der Waals surface area contributed by atoms with Crippen LogP contribution in [0.3, 0.4) is 0 Å². The maximum Gasteiger partial charge on any atom is 0.147 e. The Balaban J connectivity index is 2.53. The molecule has 0 heterocycles. The first-order valence-electron chi connectivity index (χ1n) is 5.06. The topological polar surface area (TPSA) is 17.1 Å². The molecule has 0 aliphatic heterocycles. The maximum absolute atomic E-state index is 13.1. The predicted octanol–water partition coefficient (Wildman–Crippen LogP) is 3.73. The van der Waals surface area contributed by atoms with Crippen LogP contribution in [0.25, 0.3) is 0 Å². The first-order chi connectivity index (χ1) is 7.49. The predicted molar refractivity (Wildman–Crippen MR) is 67.7 cm³/mol. The minimum Gasteiger partial charge on any atom is -0.298 e. The van der Waals surface area contributed by atoms with Gasteiger partial charge in [-0.3, -0.25) is 4.79 Å². The van der Waals surface area contributed by atoms with E-state index in [1.807, 2.05) is 13.8 Å². The molecule has 1 nitrogen and oxygen atoms in total. The number of carbonyl (C=O) groups is 1. The fourth-order valence-electron chi connectivity index (χ4n) is 1.19. The first kappa shape index (κ1) is 13.5. The third-order valence-corrected chi connectivity index (χ3v) is 3.42. The molecule has 0 aliphatic rings. The normalized spacial score (nSPS) is 10.8. The summed E-state index contributed by atoms with van der Waals surface area (Å²) in [6, 6.07) is 4.48. The van der Waals surface area contributed by atoms with Crippen LogP contribution >= 0.6 is 23.4 Å². The molecule has 0 radical (unpaired) electrons. The summed E-state index contributed by atoms with van der Waals surface area (Å²) in [5, 5.41) is 0.527. The Kier molecular flexibility index (Phi) is 5.29. The average molecular weight is 261 g/mol. The molecule has 0 fully saturated rings. The second kappa shape index (κ2) is 6.26. The zero-order valence-corrected chi connectivity index (χ0v) is 10.9. The van der Waals surface area contributed by atoms with Gasteiger partial charge < -0.3 is 0 Å². The Morgan fingerprint density at radius 1 is 1.50 bits per heavy atom. The molecule has 88 valence electrons. The summed E-state index contributed by atoms with van der Waals surface area (Å²) in [4.78, 5) is 11.5. The van der Waals surface area contributed by atoms with Crippen LogP contribution in [0.2, 0.25) is 5.02 Å². The fourth-order valence-corrected chi connectivity index (χ4v) is 1.93. The van der Waals surface area contributed by atoms with E-state index in [0.717, 1.165) is 0 Å². The van der Waals surface area contributed by atoms with Crippen molar-refractivity contribution in [3.63, 3.8) is 0 Å². The first-order valence-corrected chi connectivity index (χ1v) is 6.49. The Hall–Kier alpha value is -0.540. The Labute approximate surface area is 104 Å². The zero-order chi connectivity index (χ0) is 12.1. The highest BCUT2D eigenvalue weighted by molar-refractivity contribution is 8.00. The lowest BCUT2D eigenvalue weighted by Gasteiger charge is -2.04. The Bertz CT molecular complexity index is 379. The number of thioether (sulfide) groups is 1. The van der Waals surface area contributed by atoms with Gasteiger partial charge in [-0.2, -0.15) is 11.8 Å². The van der Waals surface area contributed by atoms with Gasteiger partial charge in [0.25, 0.3) is 0 Å². The largest absolute Gasteiger partial charge is 0.298 e. The third-order valence-electron chi connectivity index (χ3n) is 1.96. The van der Waals surface area contributed by atoms with Crippen LogP contribution < -0.4 is 0 Å². The average Bonchev–Trinajstić information content (AvgIpc) is 2.21. The molecule has 0 amide bonds. The molecule has 0 N–H and O–H groups in total. The van der Waals surface area contributed by atoms with Gasteiger partial charge in [0.05, 0.1) is 10.8 Å². The van der Waals surface area contributed by atoms with Crippen LogP contribution in [0.4, 0.5) is 4.39 Å². The molecular formula is C12H14ClFOS. The van der Waals surface area contributed by atoms with Crippen LogP contribution in [0, 0.1) is 5.82 Å². The van der Waals surface area contributed by atoms with Gasteiger partial charge in [-0.15, -0.1) is 0 Å². The van der Waals surface area contributed by atoms with Crippen molar-refractivity contribution in [1.82, 2.24) is 0 Å². The Morgan fingerprint density at radius 3 is 2.75 bits per heavy atom. The maximum atomic E-state index is 13.1. The van der Waals surface area contributed by atoms with Crippen molar-refractivity contribution in [3.8, 4) is 0 Å². The van der Waals surface area contributed by atoms with E-state index in [0.29, 0.717) is 16.6 Å². The highest BCUT2D eigenvalue weighted by Crippen LogP contribution is 2.17. The van der Waals surface area contributed by atoms with Gasteiger partial charge in [0.15, 0.2) is 0 Å². The summed E-state index contributed by atoms with van der Waals surface area (Å²) >= 11 is 7.15. The molecule has 0 aromatic heterocycles. The van der Waals surface area contributed by atoms with Crippen LogP contribution in [0.1, 0.15) is 19.4 Å². The van der Waals surface area contributed by atoms with E-state index >= 15 is 0 Å². The molecule has 0 atom stereocenters. The number of benzene rings is 1. The molecule has 0 saturated carbocycles. The molecule has 0 unspecified atom stereocenters. The number of rotatable bonds is 5. The smallest absolute Gasteiger partial charge is 0.147 e. The SMILES string of the molecule is CC(C)SCC(=O)Cc1ccc(Cl)c(F)c1. The van der Waals surface area contributed by atoms with E-state index in [-0.39, 0.29) is 17.2 Å². The number of ketones is 1. The minimum absolute atomic E-state index is 0.0905. The number of hydrogen-bond donors (Lipinski definition) is 0. The second-order valence-corrected chi connectivity index (χ2v) is 5.80. The molecule has 0 spiro atoms. The minimum atomic E-state index is -0.469. The molecule has 4 heteroatoms. The van der Waals surface area contributed by atoms with E-state index in [2.05, 4.69) is 0 Å². The monoisotopic (exact) mass is 260 g/mol. The lowest BCUT2D eigenvalue weighted by Crippen LogP contribution is -2.07. The fraction of sp³-hybridized carbons (Fsp3) is 0.417. The van der Waals surface area contributed by atoms with Gasteiger partial charge in [-0.05, 0) is 22.9 Å². The van der Waals surface area contributed by atoms with Gasteiger partial charge >= 0.3 is 0 Å². The van der Waals surface area contributed by atoms with E-state index in [4.69, 9.17) is 11.6 Å². The number of halogens is 2. The summed E-state index contributed by atoms with van der Waals surface area (Å²) < 4.78 is 13.1. The lowest BCUT2D eigenvalue weighted by molar-refractivity contribution is -0.116. The van der Waals surface area contributed by atoms with Crippen molar-refractivity contribution >= 4 is 29.1 Å². The zero-order valence-electron chi connectivity index (χ0n) is 9.30. The van der Waals surface area contributed by atoms with E-state index < -0.39 is 5.82 Å². The molecular weight excluding hydrogens is 247 g/mol. The van der Waals surface area contributed by atoms with Crippen molar-refractivity contribution in [2.45, 2.75) is 25.5 Å². The van der Waals surface area contributed by atoms with Crippen LogP contribution in [0.15, 0.2) is 18.2 Å². The van der Waals surface area contributed by atoms with Crippen LogP contribution in [-0.2, 0) is 11.2 Å². The van der Waals surface area contributed by atoms with Crippen LogP contribution in [0.5, 0.6) is 0 Å². The van der Waals surface area contributed by atoms with Gasteiger partial charge in [-0.1, -0.05) is 31.5 Å². The van der Waals surface area contributed by atoms with E-state index in [9.17, 15) is 9.18 Å². The number of hydrogen-bond acceptors (Lipinski definition) is 2. The molecule has 1 aromatic carbocycles. The van der Waals surface area contributed by atoms with E-state index in [1.165, 1.54) is 12.1 Å². The Morgan fingerprint density at radius 2 is 2.19 bits per heavy atom. The highest BCUT2D eigenvalue weighted by Gasteiger charge is 2.07. The van der Waals surface area contributed by atoms with Gasteiger partial charge in [0, 0.05) is 6.42 Å². The number of carbonyl (C=O) groups excluding carboxylic acids is 1. The highest BCUT2D eigenvalue weighted by atomic mass is 35.5. The van der Waals surface area contributed by atoms with Gasteiger partial charge in [0.2, 0.25) is 0 Å². The molecule has 0 saturated heterocycles. The van der Waals surface area contributed by atoms with Crippen molar-refractivity contribution in [2.24, 2.45) is 0 Å². The number of Topliss-reactive ketones (excluding diaryl/α,β-unsaturated/α-hetero) is 1. The molecule has 0 aliphatic carbocycles. The second-order valence-electron chi connectivity index (χ2n) is 3.82. The van der Waals surface area contributed by atoms with E-state index in [1.54, 1.807) is 17.8 Å². The van der Waals surface area contributed by atoms with Crippen molar-refractivity contribution < 1.29 is 9.18 Å².